The van der Waals surface area contributed by atoms with Crippen molar-refractivity contribution in [3.8, 4) is 0 Å². The second kappa shape index (κ2) is 6.03. The number of hydrogen-bond donors (Lipinski definition) is 0. The molecule has 0 N–H and O–H groups in total. The molecule has 1 aliphatic rings. The monoisotopic (exact) mass is 284 g/mol. The first-order chi connectivity index (χ1) is 9.04. The van der Waals surface area contributed by atoms with E-state index in [2.05, 4.69) is 21.8 Å². The number of hydrogen-bond acceptors (Lipinski definition) is 4. The zero-order chi connectivity index (χ0) is 14.0. The van der Waals surface area contributed by atoms with Crippen molar-refractivity contribution in [2.75, 3.05) is 33.7 Å². The van der Waals surface area contributed by atoms with Gasteiger partial charge < -0.3 is 4.90 Å². The largest absolute Gasteiger partial charge is 0.303 e. The van der Waals surface area contributed by atoms with Crippen LogP contribution in [0.4, 0.5) is 0 Å². The van der Waals surface area contributed by atoms with Crippen molar-refractivity contribution in [1.29, 1.82) is 0 Å². The van der Waals surface area contributed by atoms with Gasteiger partial charge in [-0.25, -0.2) is 0 Å². The standard InChI is InChI=1S/C13H21ClN4O/c1-4-5-18-12(10(14)8-15-18)13(19)11-9-16(2)6-7-17(11)3/h8,11H,4-7,9H2,1-3H3. The maximum atomic E-state index is 12.7. The Balaban J connectivity index is 2.25. The number of carbonyl (C=O) groups is 1. The molecule has 1 aromatic heterocycles. The Bertz CT molecular complexity index is 459. The Kier molecular flexibility index (Phi) is 4.60. The molecular weight excluding hydrogens is 264 g/mol. The highest BCUT2D eigenvalue weighted by molar-refractivity contribution is 6.33. The zero-order valence-electron chi connectivity index (χ0n) is 11.8. The number of nitrogens with zero attached hydrogens (tertiary/aromatic N) is 4. The molecule has 1 aromatic rings. The Morgan fingerprint density at radius 3 is 2.89 bits per heavy atom. The highest BCUT2D eigenvalue weighted by atomic mass is 35.5. The second-order valence-electron chi connectivity index (χ2n) is 5.19. The molecule has 2 heterocycles. The van der Waals surface area contributed by atoms with Crippen LogP contribution in [0.15, 0.2) is 6.20 Å². The second-order valence-corrected chi connectivity index (χ2v) is 5.59. The van der Waals surface area contributed by atoms with E-state index in [1.54, 1.807) is 10.9 Å². The van der Waals surface area contributed by atoms with E-state index in [4.69, 9.17) is 11.6 Å². The fourth-order valence-electron chi connectivity index (χ4n) is 2.44. The molecule has 106 valence electrons. The van der Waals surface area contributed by atoms with Crippen LogP contribution in [-0.2, 0) is 6.54 Å². The lowest BCUT2D eigenvalue weighted by Crippen LogP contribution is -2.53. The van der Waals surface area contributed by atoms with Crippen LogP contribution in [-0.4, -0.2) is 65.1 Å². The van der Waals surface area contributed by atoms with Gasteiger partial charge in [0.25, 0.3) is 0 Å². The molecule has 5 nitrogen and oxygen atoms in total. The van der Waals surface area contributed by atoms with Crippen LogP contribution in [0.3, 0.4) is 0 Å². The molecule has 1 saturated heterocycles. The molecule has 0 radical (unpaired) electrons. The Morgan fingerprint density at radius 1 is 1.47 bits per heavy atom. The first-order valence-corrected chi connectivity index (χ1v) is 7.06. The van der Waals surface area contributed by atoms with Crippen molar-refractivity contribution in [3.05, 3.63) is 16.9 Å². The zero-order valence-corrected chi connectivity index (χ0v) is 12.5. The van der Waals surface area contributed by atoms with Gasteiger partial charge in [-0.1, -0.05) is 18.5 Å². The van der Waals surface area contributed by atoms with Crippen LogP contribution >= 0.6 is 11.6 Å². The average molecular weight is 285 g/mol. The molecule has 1 aliphatic heterocycles. The summed E-state index contributed by atoms with van der Waals surface area (Å²) in [4.78, 5) is 17.0. The molecule has 2 rings (SSSR count). The highest BCUT2D eigenvalue weighted by Gasteiger charge is 2.32. The van der Waals surface area contributed by atoms with E-state index in [0.29, 0.717) is 10.7 Å². The van der Waals surface area contributed by atoms with Crippen molar-refractivity contribution in [2.24, 2.45) is 0 Å². The fraction of sp³-hybridized carbons (Fsp3) is 0.692. The Morgan fingerprint density at radius 2 is 2.21 bits per heavy atom. The lowest BCUT2D eigenvalue weighted by molar-refractivity contribution is 0.0675. The van der Waals surface area contributed by atoms with E-state index in [1.807, 2.05) is 14.1 Å². The van der Waals surface area contributed by atoms with Gasteiger partial charge in [0, 0.05) is 26.2 Å². The molecular formula is C13H21ClN4O. The van der Waals surface area contributed by atoms with E-state index in [0.717, 1.165) is 32.6 Å². The minimum Gasteiger partial charge on any atom is -0.303 e. The predicted molar refractivity (Wildman–Crippen MR) is 75.8 cm³/mol. The van der Waals surface area contributed by atoms with Gasteiger partial charge in [-0.2, -0.15) is 5.10 Å². The topological polar surface area (TPSA) is 41.4 Å². The molecule has 0 aromatic carbocycles. The van der Waals surface area contributed by atoms with Gasteiger partial charge >= 0.3 is 0 Å². The third kappa shape index (κ3) is 2.99. The van der Waals surface area contributed by atoms with Crippen LogP contribution in [0.5, 0.6) is 0 Å². The summed E-state index contributed by atoms with van der Waals surface area (Å²) in [5.74, 6) is 0.0741. The summed E-state index contributed by atoms with van der Waals surface area (Å²) in [6, 6.07) is -0.136. The fourth-order valence-corrected chi connectivity index (χ4v) is 2.67. The quantitative estimate of drug-likeness (QED) is 0.783. The third-order valence-corrected chi connectivity index (χ3v) is 3.89. The Labute approximate surface area is 119 Å². The van der Waals surface area contributed by atoms with Crippen LogP contribution in [0, 0.1) is 0 Å². The van der Waals surface area contributed by atoms with Crippen LogP contribution in [0.25, 0.3) is 0 Å². The number of piperazine rings is 1. The summed E-state index contributed by atoms with van der Waals surface area (Å²) in [5.41, 5.74) is 0.552. The molecule has 6 heteroatoms. The highest BCUT2D eigenvalue weighted by Crippen LogP contribution is 2.20. The molecule has 0 aliphatic carbocycles. The molecule has 1 atom stereocenters. The average Bonchev–Trinajstić information content (AvgIpc) is 2.73. The maximum Gasteiger partial charge on any atom is 0.200 e. The minimum absolute atomic E-state index is 0.0741. The number of halogens is 1. The van der Waals surface area contributed by atoms with Gasteiger partial charge in [-0.15, -0.1) is 0 Å². The number of ketones is 1. The molecule has 0 amide bonds. The number of Topliss-reactive ketones (excluding diaryl/α,β-unsaturated/α-hetero) is 1. The first-order valence-electron chi connectivity index (χ1n) is 6.69. The summed E-state index contributed by atoms with van der Waals surface area (Å²) in [6.07, 6.45) is 2.50. The van der Waals surface area contributed by atoms with Gasteiger partial charge in [0.05, 0.1) is 17.3 Å². The summed E-state index contributed by atoms with van der Waals surface area (Å²) < 4.78 is 1.73. The molecule has 0 saturated carbocycles. The van der Waals surface area contributed by atoms with E-state index >= 15 is 0 Å². The molecule has 0 bridgehead atoms. The first kappa shape index (κ1) is 14.5. The van der Waals surface area contributed by atoms with Gasteiger partial charge in [0.15, 0.2) is 0 Å². The van der Waals surface area contributed by atoms with Crippen molar-refractivity contribution in [1.82, 2.24) is 19.6 Å². The predicted octanol–water partition coefficient (Wildman–Crippen LogP) is 1.38. The molecule has 19 heavy (non-hydrogen) atoms. The lowest BCUT2D eigenvalue weighted by Gasteiger charge is -2.36. The third-order valence-electron chi connectivity index (χ3n) is 3.62. The van der Waals surface area contributed by atoms with E-state index < -0.39 is 0 Å². The van der Waals surface area contributed by atoms with Gasteiger partial charge in [-0.3, -0.25) is 14.4 Å². The van der Waals surface area contributed by atoms with Gasteiger partial charge in [0.1, 0.15) is 5.69 Å². The molecule has 1 unspecified atom stereocenters. The summed E-state index contributed by atoms with van der Waals surface area (Å²) in [5, 5.41) is 4.66. The van der Waals surface area contributed by atoms with Gasteiger partial charge in [0.2, 0.25) is 5.78 Å². The SMILES string of the molecule is CCCn1ncc(Cl)c1C(=O)C1CN(C)CCN1C. The van der Waals surface area contributed by atoms with Crippen molar-refractivity contribution in [3.63, 3.8) is 0 Å². The van der Waals surface area contributed by atoms with E-state index in [9.17, 15) is 4.79 Å². The van der Waals surface area contributed by atoms with E-state index in [1.165, 1.54) is 0 Å². The van der Waals surface area contributed by atoms with Crippen molar-refractivity contribution < 1.29 is 4.79 Å². The van der Waals surface area contributed by atoms with Crippen molar-refractivity contribution in [2.45, 2.75) is 25.9 Å². The smallest absolute Gasteiger partial charge is 0.200 e. The number of likely N-dealkylation sites (N-methyl/N-ethyl adjacent to an activating group) is 2. The minimum atomic E-state index is -0.136. The van der Waals surface area contributed by atoms with E-state index in [-0.39, 0.29) is 11.8 Å². The van der Waals surface area contributed by atoms with Crippen LogP contribution in [0.2, 0.25) is 5.02 Å². The summed E-state index contributed by atoms with van der Waals surface area (Å²) >= 11 is 6.14. The summed E-state index contributed by atoms with van der Waals surface area (Å²) in [6.45, 7) is 5.40. The van der Waals surface area contributed by atoms with Crippen molar-refractivity contribution >= 4 is 17.4 Å². The molecule has 0 spiro atoms. The van der Waals surface area contributed by atoms with Crippen LogP contribution < -0.4 is 0 Å². The molecule has 1 fully saturated rings. The lowest BCUT2D eigenvalue weighted by atomic mass is 10.1. The summed E-state index contributed by atoms with van der Waals surface area (Å²) in [7, 11) is 4.03. The van der Waals surface area contributed by atoms with Crippen LogP contribution in [0.1, 0.15) is 23.8 Å². The maximum absolute atomic E-state index is 12.7. The van der Waals surface area contributed by atoms with Gasteiger partial charge in [-0.05, 0) is 20.5 Å². The number of carbonyl (C=O) groups excluding carboxylic acids is 1. The number of aryl methyl sites for hydroxylation is 1. The number of rotatable bonds is 4. The normalized spacial score (nSPS) is 21.8. The Hall–Kier alpha value is -0.910. The number of aromatic nitrogens is 2.